The zero-order chi connectivity index (χ0) is 16.9. The van der Waals surface area contributed by atoms with Crippen LogP contribution in [-0.4, -0.2) is 42.6 Å². The van der Waals surface area contributed by atoms with Gasteiger partial charge in [0.1, 0.15) is 5.82 Å². The molecule has 2 unspecified atom stereocenters. The van der Waals surface area contributed by atoms with Gasteiger partial charge in [-0.3, -0.25) is 15.0 Å². The summed E-state index contributed by atoms with van der Waals surface area (Å²) in [5.41, 5.74) is -0.162. The summed E-state index contributed by atoms with van der Waals surface area (Å²) >= 11 is 0. The zero-order valence-corrected chi connectivity index (χ0v) is 13.7. The summed E-state index contributed by atoms with van der Waals surface area (Å²) in [6, 6.07) is 6.02. The molecule has 2 aliphatic rings. The number of imide groups is 1. The van der Waals surface area contributed by atoms with Crippen molar-refractivity contribution in [1.29, 1.82) is 0 Å². The number of hydrogen-bond acceptors (Lipinski definition) is 4. The van der Waals surface area contributed by atoms with E-state index in [2.05, 4.69) is 10.2 Å². The molecule has 6 heteroatoms. The van der Waals surface area contributed by atoms with E-state index in [1.807, 2.05) is 0 Å². The van der Waals surface area contributed by atoms with Crippen molar-refractivity contribution in [1.82, 2.24) is 10.2 Å². The van der Waals surface area contributed by atoms with E-state index in [9.17, 15) is 14.0 Å². The smallest absolute Gasteiger partial charge is 0.414 e. The van der Waals surface area contributed by atoms with Crippen LogP contribution in [0.1, 0.15) is 42.5 Å². The molecule has 0 saturated carbocycles. The Morgan fingerprint density at radius 3 is 2.79 bits per heavy atom. The van der Waals surface area contributed by atoms with E-state index >= 15 is 0 Å². The maximum atomic E-state index is 13.5. The molecule has 0 radical (unpaired) electrons. The van der Waals surface area contributed by atoms with Crippen molar-refractivity contribution in [3.05, 3.63) is 35.6 Å². The van der Waals surface area contributed by atoms with Gasteiger partial charge in [0, 0.05) is 12.0 Å². The summed E-state index contributed by atoms with van der Waals surface area (Å²) in [7, 11) is 0. The van der Waals surface area contributed by atoms with Crippen LogP contribution in [-0.2, 0) is 4.74 Å². The molecule has 5 nitrogen and oxygen atoms in total. The van der Waals surface area contributed by atoms with E-state index in [1.165, 1.54) is 31.0 Å². The maximum absolute atomic E-state index is 13.5. The molecule has 1 aromatic rings. The van der Waals surface area contributed by atoms with Gasteiger partial charge in [-0.1, -0.05) is 18.6 Å². The number of carbonyl (C=O) groups is 2. The molecular weight excluding hydrogens is 311 g/mol. The molecule has 2 heterocycles. The van der Waals surface area contributed by atoms with Crippen molar-refractivity contribution in [3.63, 3.8) is 0 Å². The van der Waals surface area contributed by atoms with Crippen molar-refractivity contribution in [2.75, 3.05) is 19.7 Å². The Kier molecular flexibility index (Phi) is 5.45. The Hall–Kier alpha value is -1.95. The predicted octanol–water partition coefficient (Wildman–Crippen LogP) is 2.96. The second-order valence-electron chi connectivity index (χ2n) is 6.53. The standard InChI is InChI=1S/C18H23FN2O3/c19-15-8-2-1-7-14(15)17(22)20-18(23)24-12-13-6-5-11-21-10-4-3-9-16(13)21/h1-2,7-8,13,16H,3-6,9-12H2,(H,20,22,23). The molecule has 0 aliphatic carbocycles. The van der Waals surface area contributed by atoms with Crippen LogP contribution in [0.3, 0.4) is 0 Å². The van der Waals surface area contributed by atoms with Gasteiger partial charge in [-0.2, -0.15) is 0 Å². The van der Waals surface area contributed by atoms with Gasteiger partial charge >= 0.3 is 6.09 Å². The number of fused-ring (bicyclic) bond motifs is 1. The second-order valence-corrected chi connectivity index (χ2v) is 6.53. The summed E-state index contributed by atoms with van der Waals surface area (Å²) in [5, 5.41) is 2.09. The highest BCUT2D eigenvalue weighted by Gasteiger charge is 2.33. The highest BCUT2D eigenvalue weighted by atomic mass is 19.1. The molecule has 24 heavy (non-hydrogen) atoms. The number of carbonyl (C=O) groups excluding carboxylic acids is 2. The minimum Gasteiger partial charge on any atom is -0.449 e. The number of amides is 2. The number of halogens is 1. The summed E-state index contributed by atoms with van der Waals surface area (Å²) in [6.07, 6.45) is 4.94. The number of nitrogens with one attached hydrogen (secondary N) is 1. The highest BCUT2D eigenvalue weighted by Crippen LogP contribution is 2.30. The van der Waals surface area contributed by atoms with E-state index in [-0.39, 0.29) is 5.56 Å². The number of piperidine rings is 2. The van der Waals surface area contributed by atoms with E-state index in [0.717, 1.165) is 32.4 Å². The number of ether oxygens (including phenoxy) is 1. The van der Waals surface area contributed by atoms with E-state index in [0.29, 0.717) is 18.6 Å². The largest absolute Gasteiger partial charge is 0.449 e. The summed E-state index contributed by atoms with van der Waals surface area (Å²) in [4.78, 5) is 26.2. The lowest BCUT2D eigenvalue weighted by Crippen LogP contribution is -2.49. The van der Waals surface area contributed by atoms with Crippen LogP contribution >= 0.6 is 0 Å². The van der Waals surface area contributed by atoms with Crippen molar-refractivity contribution >= 4 is 12.0 Å². The Morgan fingerprint density at radius 2 is 1.96 bits per heavy atom. The highest BCUT2D eigenvalue weighted by molar-refractivity contribution is 6.02. The molecule has 0 spiro atoms. The molecule has 2 saturated heterocycles. The van der Waals surface area contributed by atoms with E-state index in [4.69, 9.17) is 4.74 Å². The van der Waals surface area contributed by atoms with Crippen LogP contribution in [0.4, 0.5) is 9.18 Å². The van der Waals surface area contributed by atoms with Crippen LogP contribution in [0.25, 0.3) is 0 Å². The van der Waals surface area contributed by atoms with Crippen LogP contribution in [0.5, 0.6) is 0 Å². The fraction of sp³-hybridized carbons (Fsp3) is 0.556. The first kappa shape index (κ1) is 16.9. The lowest BCUT2D eigenvalue weighted by Gasteiger charge is -2.44. The molecule has 1 aromatic carbocycles. The average molecular weight is 334 g/mol. The Balaban J connectivity index is 1.50. The van der Waals surface area contributed by atoms with E-state index < -0.39 is 17.8 Å². The Labute approximate surface area is 141 Å². The number of benzene rings is 1. The van der Waals surface area contributed by atoms with E-state index in [1.54, 1.807) is 6.07 Å². The van der Waals surface area contributed by atoms with Crippen molar-refractivity contribution < 1.29 is 18.7 Å². The molecule has 2 atom stereocenters. The summed E-state index contributed by atoms with van der Waals surface area (Å²) < 4.78 is 18.8. The number of alkyl carbamates (subject to hydrolysis) is 1. The van der Waals surface area contributed by atoms with Gasteiger partial charge in [-0.25, -0.2) is 9.18 Å². The summed E-state index contributed by atoms with van der Waals surface area (Å²) in [5.74, 6) is -1.12. The van der Waals surface area contributed by atoms with Gasteiger partial charge in [0.25, 0.3) is 5.91 Å². The Morgan fingerprint density at radius 1 is 1.17 bits per heavy atom. The zero-order valence-electron chi connectivity index (χ0n) is 13.7. The topological polar surface area (TPSA) is 58.6 Å². The van der Waals surface area contributed by atoms with Gasteiger partial charge in [0.15, 0.2) is 0 Å². The molecule has 0 bridgehead atoms. The van der Waals surface area contributed by atoms with Crippen LogP contribution in [0.15, 0.2) is 24.3 Å². The fourth-order valence-electron chi connectivity index (χ4n) is 3.80. The maximum Gasteiger partial charge on any atom is 0.414 e. The van der Waals surface area contributed by atoms with Gasteiger partial charge < -0.3 is 4.74 Å². The SMILES string of the molecule is O=C(NC(=O)c1ccccc1F)OCC1CCCN2CCCCC12. The fourth-order valence-corrected chi connectivity index (χ4v) is 3.80. The van der Waals surface area contributed by atoms with Crippen LogP contribution < -0.4 is 5.32 Å². The number of nitrogens with zero attached hydrogens (tertiary/aromatic N) is 1. The van der Waals surface area contributed by atoms with Gasteiger partial charge in [-0.15, -0.1) is 0 Å². The molecule has 3 rings (SSSR count). The third-order valence-electron chi connectivity index (χ3n) is 4.99. The molecular formula is C18H23FN2O3. The van der Waals surface area contributed by atoms with Crippen molar-refractivity contribution in [2.24, 2.45) is 5.92 Å². The number of hydrogen-bond donors (Lipinski definition) is 1. The third kappa shape index (κ3) is 3.93. The molecule has 2 fully saturated rings. The lowest BCUT2D eigenvalue weighted by molar-refractivity contribution is 0.0234. The normalized spacial score (nSPS) is 24.0. The minimum atomic E-state index is -0.809. The first-order valence-corrected chi connectivity index (χ1v) is 8.62. The molecule has 1 N–H and O–H groups in total. The molecule has 130 valence electrons. The first-order valence-electron chi connectivity index (χ1n) is 8.62. The average Bonchev–Trinajstić information content (AvgIpc) is 2.60. The quantitative estimate of drug-likeness (QED) is 0.923. The minimum absolute atomic E-state index is 0.162. The first-order chi connectivity index (χ1) is 11.6. The molecule has 0 aromatic heterocycles. The van der Waals surface area contributed by atoms with Crippen molar-refractivity contribution in [3.8, 4) is 0 Å². The second kappa shape index (κ2) is 7.75. The Bertz CT molecular complexity index is 606. The van der Waals surface area contributed by atoms with Crippen LogP contribution in [0, 0.1) is 11.7 Å². The van der Waals surface area contributed by atoms with Crippen LogP contribution in [0.2, 0.25) is 0 Å². The summed E-state index contributed by atoms with van der Waals surface area (Å²) in [6.45, 7) is 2.55. The third-order valence-corrected chi connectivity index (χ3v) is 4.99. The van der Waals surface area contributed by atoms with Gasteiger partial charge in [0.05, 0.1) is 12.2 Å². The molecule has 2 amide bonds. The number of rotatable bonds is 3. The van der Waals surface area contributed by atoms with Gasteiger partial charge in [0.2, 0.25) is 0 Å². The molecule has 2 aliphatic heterocycles. The lowest BCUT2D eigenvalue weighted by atomic mass is 9.84. The van der Waals surface area contributed by atoms with Crippen molar-refractivity contribution in [2.45, 2.75) is 38.1 Å². The monoisotopic (exact) mass is 334 g/mol. The predicted molar refractivity (Wildman–Crippen MR) is 87.2 cm³/mol. The van der Waals surface area contributed by atoms with Gasteiger partial charge in [-0.05, 0) is 50.9 Å².